The van der Waals surface area contributed by atoms with E-state index in [4.69, 9.17) is 4.74 Å². The lowest BCUT2D eigenvalue weighted by molar-refractivity contribution is -0.143. The van der Waals surface area contributed by atoms with Gasteiger partial charge >= 0.3 is 17.8 Å². The summed E-state index contributed by atoms with van der Waals surface area (Å²) in [5.41, 5.74) is 0.429. The van der Waals surface area contributed by atoms with Crippen molar-refractivity contribution in [2.75, 3.05) is 25.0 Å². The fraction of sp³-hybridized carbons (Fsp3) is 0.412. The summed E-state index contributed by atoms with van der Waals surface area (Å²) in [6, 6.07) is 6.05. The Kier molecular flexibility index (Phi) is 5.74. The van der Waals surface area contributed by atoms with Crippen molar-refractivity contribution < 1.29 is 23.9 Å². The number of urea groups is 1. The van der Waals surface area contributed by atoms with E-state index in [9.17, 15) is 19.2 Å². The molecule has 134 valence electrons. The van der Waals surface area contributed by atoms with Crippen molar-refractivity contribution in [3.8, 4) is 5.75 Å². The predicted octanol–water partition coefficient (Wildman–Crippen LogP) is 1.47. The Balaban J connectivity index is 2.07. The van der Waals surface area contributed by atoms with Crippen LogP contribution >= 0.6 is 0 Å². The fourth-order valence-corrected chi connectivity index (χ4v) is 2.40. The summed E-state index contributed by atoms with van der Waals surface area (Å²) in [5, 5.41) is 2.59. The normalized spacial score (nSPS) is 14.5. The number of benzene rings is 1. The maximum Gasteiger partial charge on any atom is 0.334 e. The van der Waals surface area contributed by atoms with E-state index < -0.39 is 30.3 Å². The third-order valence-corrected chi connectivity index (χ3v) is 3.45. The Bertz CT molecular complexity index is 701. The van der Waals surface area contributed by atoms with E-state index in [1.54, 1.807) is 24.3 Å². The molecule has 0 spiro atoms. The van der Waals surface area contributed by atoms with Gasteiger partial charge in [0.15, 0.2) is 0 Å². The molecule has 1 aliphatic rings. The van der Waals surface area contributed by atoms with Gasteiger partial charge in [-0.1, -0.05) is 26.0 Å². The van der Waals surface area contributed by atoms with Crippen LogP contribution < -0.4 is 10.1 Å². The molecular weight excluding hydrogens is 326 g/mol. The van der Waals surface area contributed by atoms with Gasteiger partial charge in [-0.3, -0.25) is 19.3 Å². The molecule has 0 aliphatic carbocycles. The number of hydrogen-bond acceptors (Lipinski definition) is 5. The number of nitrogens with zero attached hydrogens (tertiary/aromatic N) is 2. The zero-order chi connectivity index (χ0) is 18.6. The largest absolute Gasteiger partial charge is 0.492 e. The van der Waals surface area contributed by atoms with Crippen molar-refractivity contribution >= 4 is 29.4 Å². The first kappa shape index (κ1) is 18.4. The van der Waals surface area contributed by atoms with Crippen LogP contribution in [0.5, 0.6) is 5.75 Å². The van der Waals surface area contributed by atoms with E-state index in [-0.39, 0.29) is 12.5 Å². The molecule has 0 saturated carbocycles. The summed E-state index contributed by atoms with van der Waals surface area (Å²) < 4.78 is 5.40. The molecule has 1 aromatic rings. The number of para-hydroxylation sites is 2. The van der Waals surface area contributed by atoms with Crippen LogP contribution in [0.2, 0.25) is 0 Å². The van der Waals surface area contributed by atoms with Crippen LogP contribution in [0.3, 0.4) is 0 Å². The summed E-state index contributed by atoms with van der Waals surface area (Å²) >= 11 is 0. The van der Waals surface area contributed by atoms with Gasteiger partial charge in [0.05, 0.1) is 12.3 Å². The summed E-state index contributed by atoms with van der Waals surface area (Å²) in [7, 11) is 0. The van der Waals surface area contributed by atoms with Gasteiger partial charge in [0, 0.05) is 6.54 Å². The maximum atomic E-state index is 12.2. The molecule has 1 aliphatic heterocycles. The van der Waals surface area contributed by atoms with Crippen LogP contribution in [0.4, 0.5) is 10.5 Å². The van der Waals surface area contributed by atoms with Crippen molar-refractivity contribution in [2.45, 2.75) is 20.8 Å². The highest BCUT2D eigenvalue weighted by Crippen LogP contribution is 2.23. The van der Waals surface area contributed by atoms with E-state index in [2.05, 4.69) is 5.32 Å². The SMILES string of the molecule is CCOc1ccccc1NC(=O)CN1C(=O)C(=O)N(CC(C)C)C1=O. The molecule has 8 heteroatoms. The molecule has 0 aromatic heterocycles. The summed E-state index contributed by atoms with van der Waals surface area (Å²) in [6.45, 7) is 5.49. The average Bonchev–Trinajstić information content (AvgIpc) is 2.74. The molecule has 1 saturated heterocycles. The summed E-state index contributed by atoms with van der Waals surface area (Å²) in [5.74, 6) is -1.98. The topological polar surface area (TPSA) is 96.0 Å². The third-order valence-electron chi connectivity index (χ3n) is 3.45. The second-order valence-corrected chi connectivity index (χ2v) is 5.96. The number of carbonyl (C=O) groups excluding carboxylic acids is 4. The highest BCUT2D eigenvalue weighted by Gasteiger charge is 2.45. The van der Waals surface area contributed by atoms with Crippen LogP contribution in [0.25, 0.3) is 0 Å². The Morgan fingerprint density at radius 3 is 2.40 bits per heavy atom. The molecule has 0 atom stereocenters. The third kappa shape index (κ3) is 4.14. The van der Waals surface area contributed by atoms with Gasteiger partial charge in [0.2, 0.25) is 5.91 Å². The smallest absolute Gasteiger partial charge is 0.334 e. The molecule has 0 bridgehead atoms. The standard InChI is InChI=1S/C17H21N3O5/c1-4-25-13-8-6-5-7-12(13)18-14(21)10-20-16(23)15(22)19(17(20)24)9-11(2)3/h5-8,11H,4,9-10H2,1-3H3,(H,18,21). The molecule has 2 rings (SSSR count). The highest BCUT2D eigenvalue weighted by atomic mass is 16.5. The van der Waals surface area contributed by atoms with Crippen molar-refractivity contribution in [1.29, 1.82) is 0 Å². The molecule has 5 amide bonds. The average molecular weight is 347 g/mol. The van der Waals surface area contributed by atoms with Crippen molar-refractivity contribution in [2.24, 2.45) is 5.92 Å². The van der Waals surface area contributed by atoms with Gasteiger partial charge in [-0.15, -0.1) is 0 Å². The van der Waals surface area contributed by atoms with Crippen molar-refractivity contribution in [3.05, 3.63) is 24.3 Å². The predicted molar refractivity (Wildman–Crippen MR) is 89.9 cm³/mol. The van der Waals surface area contributed by atoms with Gasteiger partial charge in [0.25, 0.3) is 0 Å². The number of anilines is 1. The Morgan fingerprint density at radius 2 is 1.76 bits per heavy atom. The van der Waals surface area contributed by atoms with E-state index in [0.717, 1.165) is 4.90 Å². The number of amides is 5. The van der Waals surface area contributed by atoms with Gasteiger partial charge < -0.3 is 10.1 Å². The number of rotatable bonds is 7. The number of imide groups is 2. The Hall–Kier alpha value is -2.90. The van der Waals surface area contributed by atoms with Gasteiger partial charge in [-0.2, -0.15) is 0 Å². The van der Waals surface area contributed by atoms with Gasteiger partial charge in [0.1, 0.15) is 12.3 Å². The molecule has 1 N–H and O–H groups in total. The Labute approximate surface area is 145 Å². The first-order valence-corrected chi connectivity index (χ1v) is 8.04. The van der Waals surface area contributed by atoms with Crippen LogP contribution in [-0.2, 0) is 14.4 Å². The van der Waals surface area contributed by atoms with Crippen LogP contribution in [0.15, 0.2) is 24.3 Å². The minimum absolute atomic E-state index is 0.0209. The second-order valence-electron chi connectivity index (χ2n) is 5.96. The molecule has 1 fully saturated rings. The highest BCUT2D eigenvalue weighted by molar-refractivity contribution is 6.45. The molecule has 1 heterocycles. The Morgan fingerprint density at radius 1 is 1.12 bits per heavy atom. The first-order valence-electron chi connectivity index (χ1n) is 8.04. The number of ether oxygens (including phenoxy) is 1. The molecule has 0 radical (unpaired) electrons. The zero-order valence-electron chi connectivity index (χ0n) is 14.4. The minimum atomic E-state index is -0.987. The quantitative estimate of drug-likeness (QED) is 0.595. The van der Waals surface area contributed by atoms with E-state index in [1.165, 1.54) is 0 Å². The van der Waals surface area contributed by atoms with Gasteiger partial charge in [-0.25, -0.2) is 9.69 Å². The molecule has 25 heavy (non-hydrogen) atoms. The number of hydrogen-bond donors (Lipinski definition) is 1. The van der Waals surface area contributed by atoms with Crippen LogP contribution in [0.1, 0.15) is 20.8 Å². The maximum absolute atomic E-state index is 12.2. The van der Waals surface area contributed by atoms with E-state index >= 15 is 0 Å². The lowest BCUT2D eigenvalue weighted by Gasteiger charge is -2.17. The van der Waals surface area contributed by atoms with Crippen LogP contribution in [0, 0.1) is 5.92 Å². The molecule has 0 unspecified atom stereocenters. The monoisotopic (exact) mass is 347 g/mol. The lowest BCUT2D eigenvalue weighted by atomic mass is 10.2. The molecular formula is C17H21N3O5. The molecule has 8 nitrogen and oxygen atoms in total. The molecule has 1 aromatic carbocycles. The van der Waals surface area contributed by atoms with Crippen molar-refractivity contribution in [1.82, 2.24) is 9.80 Å². The minimum Gasteiger partial charge on any atom is -0.492 e. The number of nitrogens with one attached hydrogen (secondary N) is 1. The fourth-order valence-electron chi connectivity index (χ4n) is 2.40. The van der Waals surface area contributed by atoms with E-state index in [1.807, 2.05) is 20.8 Å². The van der Waals surface area contributed by atoms with E-state index in [0.29, 0.717) is 22.9 Å². The van der Waals surface area contributed by atoms with Crippen LogP contribution in [-0.4, -0.2) is 53.2 Å². The first-order chi connectivity index (χ1) is 11.8. The lowest BCUT2D eigenvalue weighted by Crippen LogP contribution is -2.39. The summed E-state index contributed by atoms with van der Waals surface area (Å²) in [6.07, 6.45) is 0. The zero-order valence-corrected chi connectivity index (χ0v) is 14.4. The van der Waals surface area contributed by atoms with Crippen molar-refractivity contribution in [3.63, 3.8) is 0 Å². The summed E-state index contributed by atoms with van der Waals surface area (Å²) in [4.78, 5) is 49.8. The second kappa shape index (κ2) is 7.78. The number of carbonyl (C=O) groups is 4. The van der Waals surface area contributed by atoms with Gasteiger partial charge in [-0.05, 0) is 25.0 Å².